The van der Waals surface area contributed by atoms with Crippen molar-refractivity contribution in [3.05, 3.63) is 94.9 Å². The van der Waals surface area contributed by atoms with Crippen molar-refractivity contribution in [1.82, 2.24) is 0 Å². The third-order valence-corrected chi connectivity index (χ3v) is 6.58. The zero-order valence-electron chi connectivity index (χ0n) is 18.6. The van der Waals surface area contributed by atoms with E-state index in [2.05, 4.69) is 32.6 Å². The Morgan fingerprint density at radius 1 is 1.22 bits per heavy atom. The summed E-state index contributed by atoms with van der Waals surface area (Å²) >= 11 is 0. The summed E-state index contributed by atoms with van der Waals surface area (Å²) in [6.07, 6.45) is 9.24. The van der Waals surface area contributed by atoms with Gasteiger partial charge in [-0.2, -0.15) is 0 Å². The second-order valence-electron chi connectivity index (χ2n) is 8.71. The number of allylic oxidation sites excluding steroid dienone is 4. The molecule has 1 saturated carbocycles. The highest BCUT2D eigenvalue weighted by Gasteiger charge is 2.44. The maximum atomic E-state index is 14.8. The zero-order valence-corrected chi connectivity index (χ0v) is 18.6. The summed E-state index contributed by atoms with van der Waals surface area (Å²) in [5.74, 6) is -1.25. The van der Waals surface area contributed by atoms with Crippen LogP contribution in [0.5, 0.6) is 0 Å². The predicted octanol–water partition coefficient (Wildman–Crippen LogP) is 6.50. The first kappa shape index (κ1) is 22.2. The molecular formula is C28H29FO3. The Labute approximate surface area is 188 Å². The normalized spacial score (nSPS) is 22.2. The zero-order chi connectivity index (χ0) is 22.8. The van der Waals surface area contributed by atoms with E-state index in [-0.39, 0.29) is 23.8 Å². The van der Waals surface area contributed by atoms with Crippen LogP contribution in [0.25, 0.3) is 11.1 Å². The van der Waals surface area contributed by atoms with Gasteiger partial charge in [0.2, 0.25) is 0 Å². The Hall–Kier alpha value is -2.98. The molecule has 166 valence electrons. The van der Waals surface area contributed by atoms with Crippen LogP contribution in [-0.4, -0.2) is 17.7 Å². The van der Waals surface area contributed by atoms with Crippen molar-refractivity contribution in [1.29, 1.82) is 0 Å². The van der Waals surface area contributed by atoms with Crippen LogP contribution in [0.15, 0.2) is 66.8 Å². The fourth-order valence-corrected chi connectivity index (χ4v) is 4.94. The lowest BCUT2D eigenvalue weighted by molar-refractivity contribution is -0.138. The lowest BCUT2D eigenvalue weighted by Crippen LogP contribution is -2.04. The topological polar surface area (TPSA) is 46.5 Å². The molecule has 0 aliphatic heterocycles. The minimum Gasteiger partial charge on any atom is -0.481 e. The number of benzene rings is 2. The first-order chi connectivity index (χ1) is 15.4. The van der Waals surface area contributed by atoms with E-state index < -0.39 is 5.97 Å². The maximum Gasteiger partial charge on any atom is 0.307 e. The Balaban J connectivity index is 1.50. The molecule has 3 nitrogen and oxygen atoms in total. The number of rotatable bonds is 8. The van der Waals surface area contributed by atoms with Gasteiger partial charge in [-0.1, -0.05) is 55.1 Å². The smallest absolute Gasteiger partial charge is 0.307 e. The summed E-state index contributed by atoms with van der Waals surface area (Å²) in [6, 6.07) is 9.68. The van der Waals surface area contributed by atoms with E-state index in [1.165, 1.54) is 16.7 Å². The molecule has 0 amide bonds. The minimum absolute atomic E-state index is 0.0336. The maximum absolute atomic E-state index is 14.8. The number of carboxylic acid groups (broad SMARTS) is 1. The van der Waals surface area contributed by atoms with Gasteiger partial charge in [0.05, 0.1) is 18.6 Å². The molecule has 0 bridgehead atoms. The molecule has 1 N–H and O–H groups in total. The van der Waals surface area contributed by atoms with Gasteiger partial charge in [-0.15, -0.1) is 0 Å². The summed E-state index contributed by atoms with van der Waals surface area (Å²) in [5.41, 5.74) is 7.33. The van der Waals surface area contributed by atoms with Crippen molar-refractivity contribution in [3.8, 4) is 11.1 Å². The van der Waals surface area contributed by atoms with Gasteiger partial charge in [0.25, 0.3) is 0 Å². The second-order valence-corrected chi connectivity index (χ2v) is 8.71. The van der Waals surface area contributed by atoms with E-state index in [1.54, 1.807) is 12.1 Å². The monoisotopic (exact) mass is 432 g/mol. The van der Waals surface area contributed by atoms with Crippen molar-refractivity contribution in [3.63, 3.8) is 0 Å². The van der Waals surface area contributed by atoms with E-state index in [0.29, 0.717) is 18.6 Å². The summed E-state index contributed by atoms with van der Waals surface area (Å²) in [7, 11) is 0. The van der Waals surface area contributed by atoms with Crippen molar-refractivity contribution in [2.24, 2.45) is 11.8 Å². The average Bonchev–Trinajstić information content (AvgIpc) is 3.44. The summed E-state index contributed by atoms with van der Waals surface area (Å²) < 4.78 is 20.9. The number of hydrogen-bond donors (Lipinski definition) is 1. The lowest BCUT2D eigenvalue weighted by atomic mass is 9.90. The molecule has 0 aromatic heterocycles. The Kier molecular flexibility index (Phi) is 6.43. The van der Waals surface area contributed by atoms with Gasteiger partial charge in [-0.05, 0) is 78.5 Å². The summed E-state index contributed by atoms with van der Waals surface area (Å²) in [6.45, 7) is 8.25. The molecule has 4 heteroatoms. The Morgan fingerprint density at radius 3 is 2.62 bits per heavy atom. The van der Waals surface area contributed by atoms with E-state index in [4.69, 9.17) is 4.74 Å². The highest BCUT2D eigenvalue weighted by atomic mass is 19.1. The van der Waals surface area contributed by atoms with E-state index in [1.807, 2.05) is 30.4 Å². The van der Waals surface area contributed by atoms with Gasteiger partial charge < -0.3 is 9.84 Å². The Bertz CT molecular complexity index is 1090. The molecule has 2 aliphatic rings. The van der Waals surface area contributed by atoms with Gasteiger partial charge >= 0.3 is 5.97 Å². The number of halogens is 1. The van der Waals surface area contributed by atoms with Crippen LogP contribution < -0.4 is 0 Å². The highest BCUT2D eigenvalue weighted by molar-refractivity contribution is 5.76. The second kappa shape index (κ2) is 9.25. The number of carbonyl (C=O) groups is 1. The van der Waals surface area contributed by atoms with Crippen molar-refractivity contribution < 1.29 is 19.0 Å². The molecule has 0 heterocycles. The molecule has 2 aliphatic carbocycles. The van der Waals surface area contributed by atoms with Crippen LogP contribution in [0.4, 0.5) is 4.39 Å². The number of fused-ring (bicyclic) bond motifs is 1. The van der Waals surface area contributed by atoms with Crippen molar-refractivity contribution in [2.75, 3.05) is 6.61 Å². The van der Waals surface area contributed by atoms with Crippen LogP contribution in [0.3, 0.4) is 0 Å². The molecule has 2 unspecified atom stereocenters. The molecule has 32 heavy (non-hydrogen) atoms. The van der Waals surface area contributed by atoms with E-state index >= 15 is 0 Å². The quantitative estimate of drug-likeness (QED) is 0.484. The van der Waals surface area contributed by atoms with Gasteiger partial charge in [0.1, 0.15) is 5.82 Å². The van der Waals surface area contributed by atoms with Crippen LogP contribution in [0.1, 0.15) is 41.2 Å². The fourth-order valence-electron chi connectivity index (χ4n) is 4.94. The molecule has 0 radical (unpaired) electrons. The summed E-state index contributed by atoms with van der Waals surface area (Å²) in [5, 5.41) is 9.18. The predicted molar refractivity (Wildman–Crippen MR) is 125 cm³/mol. The van der Waals surface area contributed by atoms with Crippen molar-refractivity contribution >= 4 is 5.97 Å². The van der Waals surface area contributed by atoms with Gasteiger partial charge in [0.15, 0.2) is 0 Å². The molecule has 1 fully saturated rings. The average molecular weight is 433 g/mol. The standard InChI is InChI=1S/C28H29FO3/c1-4-7-19(22-16-23(22)28(30)31)10-6-15-32-25-14-12-21-20(11-13-24(29)27(21)25)26-17(2)8-5-9-18(26)3/h4-11,13,22-23,25H,1,12,14-16H2,2-3H3,(H,30,31)/b10-6-,19-7+/t22?,23?,25-/m1/s1. The highest BCUT2D eigenvalue weighted by Crippen LogP contribution is 2.45. The molecule has 2 aromatic rings. The summed E-state index contributed by atoms with van der Waals surface area (Å²) in [4.78, 5) is 11.2. The molecule has 4 rings (SSSR count). The van der Waals surface area contributed by atoms with Crippen LogP contribution in [-0.2, 0) is 16.0 Å². The molecule has 0 spiro atoms. The third-order valence-electron chi connectivity index (χ3n) is 6.58. The molecule has 3 atom stereocenters. The minimum atomic E-state index is -0.757. The Morgan fingerprint density at radius 2 is 1.97 bits per heavy atom. The largest absolute Gasteiger partial charge is 0.481 e. The number of hydrogen-bond acceptors (Lipinski definition) is 2. The number of carboxylic acids is 1. The van der Waals surface area contributed by atoms with E-state index in [9.17, 15) is 14.3 Å². The molecular weight excluding hydrogens is 403 g/mol. The van der Waals surface area contributed by atoms with Crippen LogP contribution in [0.2, 0.25) is 0 Å². The molecule has 0 saturated heterocycles. The molecule has 2 aromatic carbocycles. The van der Waals surface area contributed by atoms with Crippen LogP contribution >= 0.6 is 0 Å². The first-order valence-electron chi connectivity index (χ1n) is 11.1. The SMILES string of the molecule is C=C/C=C(\C=C/CO[C@@H]1CCc2c(-c3c(C)cccc3C)ccc(F)c21)C1CC1C(=O)O. The fraction of sp³-hybridized carbons (Fsp3) is 0.321. The van der Waals surface area contributed by atoms with Gasteiger partial charge in [0, 0.05) is 5.56 Å². The van der Waals surface area contributed by atoms with E-state index in [0.717, 1.165) is 29.5 Å². The number of aliphatic carboxylic acids is 1. The van der Waals surface area contributed by atoms with Gasteiger partial charge in [-0.3, -0.25) is 4.79 Å². The van der Waals surface area contributed by atoms with Crippen LogP contribution in [0, 0.1) is 31.5 Å². The third kappa shape index (κ3) is 4.33. The number of aryl methyl sites for hydroxylation is 2. The first-order valence-corrected chi connectivity index (χ1v) is 11.1. The number of ether oxygens (including phenoxy) is 1. The van der Waals surface area contributed by atoms with Gasteiger partial charge in [-0.25, -0.2) is 4.39 Å². The lowest BCUT2D eigenvalue weighted by Gasteiger charge is -2.17. The van der Waals surface area contributed by atoms with Crippen molar-refractivity contribution in [2.45, 2.75) is 39.2 Å².